The molecule has 1 heterocycles. The highest BCUT2D eigenvalue weighted by Gasteiger charge is 2.43. The Labute approximate surface area is 120 Å². The molecule has 2 aliphatic rings. The van der Waals surface area contributed by atoms with Gasteiger partial charge in [-0.05, 0) is 37.6 Å². The molecule has 1 saturated heterocycles. The minimum Gasteiger partial charge on any atom is -0.368 e. The minimum atomic E-state index is 0.226. The Morgan fingerprint density at radius 3 is 2.42 bits per heavy atom. The lowest BCUT2D eigenvalue weighted by Crippen LogP contribution is -2.44. The highest BCUT2D eigenvalue weighted by Crippen LogP contribution is 2.48. The van der Waals surface area contributed by atoms with Gasteiger partial charge in [0.15, 0.2) is 0 Å². The van der Waals surface area contributed by atoms with Crippen LogP contribution in [0.4, 0.5) is 5.69 Å². The number of benzene rings is 1. The van der Waals surface area contributed by atoms with Crippen LogP contribution in [0.15, 0.2) is 18.2 Å². The van der Waals surface area contributed by atoms with E-state index in [1.54, 1.807) is 0 Å². The molecule has 19 heavy (non-hydrogen) atoms. The summed E-state index contributed by atoms with van der Waals surface area (Å²) in [6.45, 7) is 5.04. The fourth-order valence-corrected chi connectivity index (χ4v) is 3.20. The summed E-state index contributed by atoms with van der Waals surface area (Å²) >= 11 is 6.49. The van der Waals surface area contributed by atoms with Crippen LogP contribution >= 0.6 is 11.6 Å². The van der Waals surface area contributed by atoms with Crippen LogP contribution < -0.4 is 10.6 Å². The molecule has 1 aliphatic carbocycles. The van der Waals surface area contributed by atoms with E-state index in [1.165, 1.54) is 24.1 Å². The van der Waals surface area contributed by atoms with Gasteiger partial charge in [0.2, 0.25) is 0 Å². The van der Waals surface area contributed by atoms with E-state index in [9.17, 15) is 0 Å². The van der Waals surface area contributed by atoms with E-state index in [0.717, 1.165) is 37.7 Å². The fraction of sp³-hybridized carbons (Fsp3) is 0.600. The second-order valence-electron chi connectivity index (χ2n) is 5.94. The van der Waals surface area contributed by atoms with Gasteiger partial charge in [0, 0.05) is 38.1 Å². The molecular formula is C15H22ClN3. The van der Waals surface area contributed by atoms with Crippen LogP contribution in [0.3, 0.4) is 0 Å². The molecule has 104 valence electrons. The van der Waals surface area contributed by atoms with E-state index < -0.39 is 0 Å². The van der Waals surface area contributed by atoms with E-state index in [1.807, 2.05) is 0 Å². The third-order valence-corrected chi connectivity index (χ3v) is 4.95. The zero-order chi connectivity index (χ0) is 13.5. The smallest absolute Gasteiger partial charge is 0.0642 e. The lowest BCUT2D eigenvalue weighted by Gasteiger charge is -2.34. The molecule has 0 unspecified atom stereocenters. The van der Waals surface area contributed by atoms with Crippen molar-refractivity contribution in [1.82, 2.24) is 4.90 Å². The molecule has 0 aromatic heterocycles. The number of nitrogens with two attached hydrogens (primary N) is 1. The number of anilines is 1. The van der Waals surface area contributed by atoms with Crippen molar-refractivity contribution in [2.75, 3.05) is 44.7 Å². The minimum absolute atomic E-state index is 0.226. The highest BCUT2D eigenvalue weighted by molar-refractivity contribution is 6.33. The summed E-state index contributed by atoms with van der Waals surface area (Å²) in [5, 5.41) is 0.877. The molecule has 1 aromatic rings. The van der Waals surface area contributed by atoms with E-state index in [-0.39, 0.29) is 5.41 Å². The van der Waals surface area contributed by atoms with Crippen molar-refractivity contribution in [2.24, 2.45) is 5.73 Å². The average molecular weight is 280 g/mol. The topological polar surface area (TPSA) is 32.5 Å². The van der Waals surface area contributed by atoms with Gasteiger partial charge in [-0.15, -0.1) is 0 Å². The van der Waals surface area contributed by atoms with Gasteiger partial charge in [0.25, 0.3) is 0 Å². The Morgan fingerprint density at radius 2 is 1.89 bits per heavy atom. The van der Waals surface area contributed by atoms with E-state index in [4.69, 9.17) is 17.3 Å². The van der Waals surface area contributed by atoms with Gasteiger partial charge in [-0.1, -0.05) is 17.7 Å². The van der Waals surface area contributed by atoms with E-state index >= 15 is 0 Å². The highest BCUT2D eigenvalue weighted by atomic mass is 35.5. The molecule has 0 bridgehead atoms. The van der Waals surface area contributed by atoms with Crippen LogP contribution in [0.2, 0.25) is 5.02 Å². The summed E-state index contributed by atoms with van der Waals surface area (Å²) in [6, 6.07) is 6.53. The zero-order valence-electron chi connectivity index (χ0n) is 11.5. The number of rotatable bonds is 3. The lowest BCUT2D eigenvalue weighted by atomic mass is 9.96. The van der Waals surface area contributed by atoms with Crippen molar-refractivity contribution >= 4 is 17.3 Å². The summed E-state index contributed by atoms with van der Waals surface area (Å²) < 4.78 is 0. The van der Waals surface area contributed by atoms with Gasteiger partial charge in [-0.3, -0.25) is 0 Å². The van der Waals surface area contributed by atoms with Crippen molar-refractivity contribution in [1.29, 1.82) is 0 Å². The summed E-state index contributed by atoms with van der Waals surface area (Å²) in [7, 11) is 2.17. The number of hydrogen-bond donors (Lipinski definition) is 1. The van der Waals surface area contributed by atoms with Crippen LogP contribution in [0, 0.1) is 0 Å². The summed E-state index contributed by atoms with van der Waals surface area (Å²) in [6.07, 6.45) is 2.40. The molecule has 1 aliphatic heterocycles. The van der Waals surface area contributed by atoms with E-state index in [0.29, 0.717) is 0 Å². The van der Waals surface area contributed by atoms with Gasteiger partial charge in [0.05, 0.1) is 10.7 Å². The monoisotopic (exact) mass is 279 g/mol. The maximum Gasteiger partial charge on any atom is 0.0642 e. The van der Waals surface area contributed by atoms with Crippen LogP contribution in [0.5, 0.6) is 0 Å². The average Bonchev–Trinajstić information content (AvgIpc) is 3.21. The van der Waals surface area contributed by atoms with Crippen LogP contribution in [-0.2, 0) is 5.41 Å². The van der Waals surface area contributed by atoms with E-state index in [2.05, 4.69) is 35.0 Å². The first kappa shape index (κ1) is 13.2. The Morgan fingerprint density at radius 1 is 1.21 bits per heavy atom. The number of hydrogen-bond acceptors (Lipinski definition) is 3. The quantitative estimate of drug-likeness (QED) is 0.920. The predicted molar refractivity (Wildman–Crippen MR) is 81.1 cm³/mol. The molecule has 3 nitrogen and oxygen atoms in total. The van der Waals surface area contributed by atoms with Crippen molar-refractivity contribution in [2.45, 2.75) is 18.3 Å². The Bertz CT molecular complexity index is 462. The molecule has 0 atom stereocenters. The molecule has 0 amide bonds. The van der Waals surface area contributed by atoms with Gasteiger partial charge in [-0.25, -0.2) is 0 Å². The Kier molecular flexibility index (Phi) is 3.46. The fourth-order valence-electron chi connectivity index (χ4n) is 2.90. The van der Waals surface area contributed by atoms with Gasteiger partial charge < -0.3 is 15.5 Å². The number of halogens is 1. The molecule has 3 rings (SSSR count). The number of piperazine rings is 1. The first-order valence-corrected chi connectivity index (χ1v) is 7.46. The zero-order valence-corrected chi connectivity index (χ0v) is 12.3. The Hall–Kier alpha value is -0.770. The third-order valence-electron chi connectivity index (χ3n) is 4.65. The maximum absolute atomic E-state index is 6.49. The number of nitrogens with zero attached hydrogens (tertiary/aromatic N) is 2. The largest absolute Gasteiger partial charge is 0.368 e. The molecule has 4 heteroatoms. The summed E-state index contributed by atoms with van der Waals surface area (Å²) in [5.74, 6) is 0. The molecule has 1 saturated carbocycles. The normalized spacial score (nSPS) is 22.6. The van der Waals surface area contributed by atoms with Crippen LogP contribution in [0.1, 0.15) is 18.4 Å². The predicted octanol–water partition coefficient (Wildman–Crippen LogP) is 2.08. The van der Waals surface area contributed by atoms with Crippen LogP contribution in [-0.4, -0.2) is 44.7 Å². The van der Waals surface area contributed by atoms with Crippen molar-refractivity contribution in [3.05, 3.63) is 28.8 Å². The lowest BCUT2D eigenvalue weighted by molar-refractivity contribution is 0.313. The van der Waals surface area contributed by atoms with Gasteiger partial charge in [-0.2, -0.15) is 0 Å². The molecule has 2 fully saturated rings. The van der Waals surface area contributed by atoms with Crippen molar-refractivity contribution in [3.8, 4) is 0 Å². The number of likely N-dealkylation sites (N-methyl/N-ethyl adjacent to an activating group) is 1. The second-order valence-corrected chi connectivity index (χ2v) is 6.35. The molecule has 0 spiro atoms. The first-order chi connectivity index (χ1) is 9.14. The summed E-state index contributed by atoms with van der Waals surface area (Å²) in [5.41, 5.74) is 8.60. The van der Waals surface area contributed by atoms with Crippen LogP contribution in [0.25, 0.3) is 0 Å². The summed E-state index contributed by atoms with van der Waals surface area (Å²) in [4.78, 5) is 4.74. The molecule has 0 radical (unpaired) electrons. The Balaban J connectivity index is 1.80. The maximum atomic E-state index is 6.49. The van der Waals surface area contributed by atoms with Gasteiger partial charge in [0.1, 0.15) is 0 Å². The third kappa shape index (κ3) is 2.47. The molecule has 2 N–H and O–H groups in total. The van der Waals surface area contributed by atoms with Crippen molar-refractivity contribution in [3.63, 3.8) is 0 Å². The standard InChI is InChI=1S/C15H22ClN3/c1-18-6-8-19(9-7-18)14-3-2-12(10-13(14)16)15(11-17)4-5-15/h2-3,10H,4-9,11,17H2,1H3. The van der Waals surface area contributed by atoms with Gasteiger partial charge >= 0.3 is 0 Å². The molecular weight excluding hydrogens is 258 g/mol. The van der Waals surface area contributed by atoms with Crippen molar-refractivity contribution < 1.29 is 0 Å². The second kappa shape index (κ2) is 4.97. The SMILES string of the molecule is CN1CCN(c2ccc(C3(CN)CC3)cc2Cl)CC1. The first-order valence-electron chi connectivity index (χ1n) is 7.08. The molecule has 1 aromatic carbocycles.